The standard InChI is InChI=1S/C28H43NO5/c1-26-8-5-20(29-11-12-33-17-21(29)15-30)14-19(26)3-4-24-23(26)6-9-27(2)22(7-10-28(24,27)32)18-13-25(31)34-16-18/h13,19-24,30,32H,3-12,14-17H2,1-2H3/t19-,20+,21-,22-,23+,24-,26+,27-,28+/m1/s1. The van der Waals surface area contributed by atoms with Gasteiger partial charge in [-0.1, -0.05) is 13.8 Å². The minimum atomic E-state index is -0.635. The van der Waals surface area contributed by atoms with Crippen LogP contribution in [-0.4, -0.2) is 71.7 Å². The van der Waals surface area contributed by atoms with Crippen LogP contribution in [0.5, 0.6) is 0 Å². The maximum atomic E-state index is 12.4. The predicted octanol–water partition coefficient (Wildman–Crippen LogP) is 3.31. The lowest BCUT2D eigenvalue weighted by atomic mass is 9.43. The fourth-order valence-electron chi connectivity index (χ4n) is 9.99. The van der Waals surface area contributed by atoms with E-state index in [2.05, 4.69) is 18.7 Å². The van der Waals surface area contributed by atoms with Crippen LogP contribution >= 0.6 is 0 Å². The van der Waals surface area contributed by atoms with Crippen LogP contribution in [-0.2, 0) is 14.3 Å². The summed E-state index contributed by atoms with van der Waals surface area (Å²) in [7, 11) is 0. The zero-order valence-electron chi connectivity index (χ0n) is 21.0. The van der Waals surface area contributed by atoms with Gasteiger partial charge < -0.3 is 19.7 Å². The van der Waals surface area contributed by atoms with E-state index in [1.54, 1.807) is 6.08 Å². The molecule has 2 aliphatic heterocycles. The second-order valence-electron chi connectivity index (χ2n) is 12.9. The molecule has 34 heavy (non-hydrogen) atoms. The van der Waals surface area contributed by atoms with Crippen molar-refractivity contribution in [2.75, 3.05) is 33.0 Å². The Morgan fingerprint density at radius 3 is 2.71 bits per heavy atom. The van der Waals surface area contributed by atoms with E-state index in [0.29, 0.717) is 42.4 Å². The Morgan fingerprint density at radius 1 is 1.09 bits per heavy atom. The number of cyclic esters (lactones) is 1. The number of nitrogens with zero attached hydrogens (tertiary/aromatic N) is 1. The van der Waals surface area contributed by atoms with Gasteiger partial charge in [-0.25, -0.2) is 4.79 Å². The minimum absolute atomic E-state index is 0.145. The molecule has 6 nitrogen and oxygen atoms in total. The van der Waals surface area contributed by atoms with Crippen molar-refractivity contribution in [3.8, 4) is 0 Å². The summed E-state index contributed by atoms with van der Waals surface area (Å²) in [5.41, 5.74) is 0.619. The van der Waals surface area contributed by atoms with Crippen LogP contribution < -0.4 is 0 Å². The number of fused-ring (bicyclic) bond motifs is 5. The molecule has 0 aromatic rings. The molecule has 0 bridgehead atoms. The first-order chi connectivity index (χ1) is 16.3. The van der Waals surface area contributed by atoms with Gasteiger partial charge in [-0.15, -0.1) is 0 Å². The van der Waals surface area contributed by atoms with Crippen molar-refractivity contribution in [2.45, 2.75) is 89.3 Å². The van der Waals surface area contributed by atoms with Gasteiger partial charge >= 0.3 is 5.97 Å². The first kappa shape index (κ1) is 23.4. The van der Waals surface area contributed by atoms with Gasteiger partial charge in [0.1, 0.15) is 6.61 Å². The van der Waals surface area contributed by atoms with Crippen LogP contribution in [0, 0.1) is 34.5 Å². The van der Waals surface area contributed by atoms with Crippen molar-refractivity contribution in [3.05, 3.63) is 11.6 Å². The number of morpholine rings is 1. The Labute approximate surface area is 204 Å². The maximum Gasteiger partial charge on any atom is 0.331 e. The lowest BCUT2D eigenvalue weighted by Gasteiger charge is -2.64. The summed E-state index contributed by atoms with van der Waals surface area (Å²) in [4.78, 5) is 14.3. The maximum absolute atomic E-state index is 12.4. The zero-order valence-corrected chi connectivity index (χ0v) is 21.0. The molecule has 2 heterocycles. The fourth-order valence-corrected chi connectivity index (χ4v) is 9.99. The molecule has 4 aliphatic carbocycles. The minimum Gasteiger partial charge on any atom is -0.458 e. The summed E-state index contributed by atoms with van der Waals surface area (Å²) in [6.07, 6.45) is 11.7. The molecule has 0 radical (unpaired) electrons. The van der Waals surface area contributed by atoms with Crippen molar-refractivity contribution in [2.24, 2.45) is 34.5 Å². The molecule has 6 aliphatic rings. The average Bonchev–Trinajstić information content (AvgIpc) is 3.38. The molecule has 0 aromatic heterocycles. The monoisotopic (exact) mass is 473 g/mol. The highest BCUT2D eigenvalue weighted by Crippen LogP contribution is 2.70. The summed E-state index contributed by atoms with van der Waals surface area (Å²) in [5, 5.41) is 22.3. The molecule has 4 saturated carbocycles. The van der Waals surface area contributed by atoms with Gasteiger partial charge in [0, 0.05) is 24.1 Å². The summed E-state index contributed by atoms with van der Waals surface area (Å²) < 4.78 is 10.9. The van der Waals surface area contributed by atoms with E-state index < -0.39 is 5.60 Å². The Morgan fingerprint density at radius 2 is 1.94 bits per heavy atom. The number of carbonyl (C=O) groups is 1. The fraction of sp³-hybridized carbons (Fsp3) is 0.893. The van der Waals surface area contributed by atoms with Gasteiger partial charge in [-0.05, 0) is 92.4 Å². The normalized spacial score (nSPS) is 51.3. The Bertz CT molecular complexity index is 860. The molecule has 6 heteroatoms. The number of ether oxygens (including phenoxy) is 2. The number of carbonyl (C=O) groups excluding carboxylic acids is 1. The van der Waals surface area contributed by atoms with Gasteiger partial charge in [0.05, 0.1) is 31.5 Å². The topological polar surface area (TPSA) is 79.2 Å². The van der Waals surface area contributed by atoms with Gasteiger partial charge in [0.15, 0.2) is 0 Å². The highest BCUT2D eigenvalue weighted by Gasteiger charge is 2.67. The molecule has 0 spiro atoms. The van der Waals surface area contributed by atoms with Crippen molar-refractivity contribution in [3.63, 3.8) is 0 Å². The van der Waals surface area contributed by atoms with Crippen molar-refractivity contribution in [1.82, 2.24) is 4.90 Å². The first-order valence-electron chi connectivity index (χ1n) is 13.8. The van der Waals surface area contributed by atoms with Gasteiger partial charge in [0.2, 0.25) is 0 Å². The quantitative estimate of drug-likeness (QED) is 0.613. The van der Waals surface area contributed by atoms with E-state index in [4.69, 9.17) is 9.47 Å². The van der Waals surface area contributed by atoms with E-state index in [9.17, 15) is 15.0 Å². The van der Waals surface area contributed by atoms with Crippen LogP contribution in [0.4, 0.5) is 0 Å². The first-order valence-corrected chi connectivity index (χ1v) is 13.8. The van der Waals surface area contributed by atoms with E-state index >= 15 is 0 Å². The van der Waals surface area contributed by atoms with Crippen LogP contribution in [0.3, 0.4) is 0 Å². The molecule has 0 aromatic carbocycles. The molecular formula is C28H43NO5. The second-order valence-corrected chi connectivity index (χ2v) is 12.9. The summed E-state index contributed by atoms with van der Waals surface area (Å²) >= 11 is 0. The van der Waals surface area contributed by atoms with Crippen LogP contribution in [0.25, 0.3) is 0 Å². The zero-order chi connectivity index (χ0) is 23.7. The summed E-state index contributed by atoms with van der Waals surface area (Å²) in [5.74, 6) is 1.70. The lowest BCUT2D eigenvalue weighted by molar-refractivity contribution is -0.208. The van der Waals surface area contributed by atoms with E-state index in [1.165, 1.54) is 32.1 Å². The number of hydrogen-bond donors (Lipinski definition) is 2. The summed E-state index contributed by atoms with van der Waals surface area (Å²) in [6, 6.07) is 0.696. The molecule has 2 N–H and O–H groups in total. The average molecular weight is 474 g/mol. The highest BCUT2D eigenvalue weighted by molar-refractivity contribution is 5.85. The SMILES string of the molecule is C[C@]12CC[C@H](N3CCOC[C@H]3CO)C[C@H]1CC[C@@H]1[C@@H]2CC[C@]2(C)[C@@H](C3=CC(=O)OC3)CC[C@]12O. The van der Waals surface area contributed by atoms with E-state index in [-0.39, 0.29) is 30.0 Å². The predicted molar refractivity (Wildman–Crippen MR) is 128 cm³/mol. The van der Waals surface area contributed by atoms with E-state index in [0.717, 1.165) is 44.4 Å². The van der Waals surface area contributed by atoms with Crippen LogP contribution in [0.2, 0.25) is 0 Å². The second kappa shape index (κ2) is 8.29. The van der Waals surface area contributed by atoms with Crippen LogP contribution in [0.15, 0.2) is 11.6 Å². The molecule has 190 valence electrons. The number of aliphatic hydroxyl groups is 2. The highest BCUT2D eigenvalue weighted by atomic mass is 16.5. The molecular weight excluding hydrogens is 430 g/mol. The van der Waals surface area contributed by atoms with Crippen molar-refractivity contribution < 1.29 is 24.5 Å². The lowest BCUT2D eigenvalue weighted by Crippen LogP contribution is -2.63. The molecule has 0 unspecified atom stereocenters. The molecule has 0 amide bonds. The Balaban J connectivity index is 1.22. The third-order valence-corrected chi connectivity index (χ3v) is 11.9. The number of esters is 1. The van der Waals surface area contributed by atoms with Gasteiger partial charge in [0.25, 0.3) is 0 Å². The number of rotatable bonds is 3. The Hall–Kier alpha value is -0.950. The van der Waals surface area contributed by atoms with Crippen molar-refractivity contribution in [1.29, 1.82) is 0 Å². The smallest absolute Gasteiger partial charge is 0.331 e. The molecule has 6 rings (SSSR count). The van der Waals surface area contributed by atoms with Gasteiger partial charge in [-0.2, -0.15) is 0 Å². The molecule has 5 fully saturated rings. The van der Waals surface area contributed by atoms with E-state index in [1.807, 2.05) is 0 Å². The Kier molecular flexibility index (Phi) is 5.72. The van der Waals surface area contributed by atoms with Gasteiger partial charge in [-0.3, -0.25) is 4.90 Å². The number of aliphatic hydroxyl groups excluding tert-OH is 1. The third kappa shape index (κ3) is 3.24. The van der Waals surface area contributed by atoms with Crippen LogP contribution in [0.1, 0.15) is 71.6 Å². The third-order valence-electron chi connectivity index (χ3n) is 11.9. The summed E-state index contributed by atoms with van der Waals surface area (Å²) in [6.45, 7) is 7.82. The molecule has 9 atom stereocenters. The number of hydrogen-bond acceptors (Lipinski definition) is 6. The largest absolute Gasteiger partial charge is 0.458 e. The van der Waals surface area contributed by atoms with Crippen molar-refractivity contribution >= 4 is 5.97 Å². The molecule has 1 saturated heterocycles.